The molecule has 1 aromatic heterocycles. The lowest BCUT2D eigenvalue weighted by Crippen LogP contribution is -2.48. The van der Waals surface area contributed by atoms with E-state index in [-0.39, 0.29) is 18.8 Å². The molecular formula is C15H25N3O3. The van der Waals surface area contributed by atoms with E-state index in [0.29, 0.717) is 30.6 Å². The predicted octanol–water partition coefficient (Wildman–Crippen LogP) is 1.28. The fourth-order valence-corrected chi connectivity index (χ4v) is 2.31. The Hall–Kier alpha value is -1.53. The van der Waals surface area contributed by atoms with Crippen molar-refractivity contribution < 1.29 is 14.6 Å². The van der Waals surface area contributed by atoms with Gasteiger partial charge in [0.1, 0.15) is 5.82 Å². The first-order valence-electron chi connectivity index (χ1n) is 7.40. The van der Waals surface area contributed by atoms with Crippen molar-refractivity contribution in [3.63, 3.8) is 0 Å². The lowest BCUT2D eigenvalue weighted by Gasteiger charge is -2.36. The van der Waals surface area contributed by atoms with Crippen LogP contribution in [0.1, 0.15) is 20.8 Å². The second kappa shape index (κ2) is 6.95. The van der Waals surface area contributed by atoms with E-state index in [2.05, 4.69) is 23.7 Å². The van der Waals surface area contributed by atoms with Crippen molar-refractivity contribution in [2.24, 2.45) is 5.92 Å². The highest BCUT2D eigenvalue weighted by Gasteiger charge is 2.26. The standard InChI is InChI=1S/C15H25N3O3/c1-10(2)9-20-15-13(16)4-5-14(17-15)18-6-11(3)21-12(7-18)8-19/h4-5,10-12,19H,6-9,16H2,1-3H3. The summed E-state index contributed by atoms with van der Waals surface area (Å²) in [6.45, 7) is 8.08. The van der Waals surface area contributed by atoms with E-state index in [1.54, 1.807) is 0 Å². The molecule has 3 N–H and O–H groups in total. The molecule has 0 aliphatic carbocycles. The molecule has 0 bridgehead atoms. The molecule has 2 rings (SSSR count). The molecule has 1 aromatic rings. The van der Waals surface area contributed by atoms with Gasteiger partial charge >= 0.3 is 0 Å². The Morgan fingerprint density at radius 3 is 2.90 bits per heavy atom. The summed E-state index contributed by atoms with van der Waals surface area (Å²) < 4.78 is 11.3. The maximum atomic E-state index is 9.30. The highest BCUT2D eigenvalue weighted by molar-refractivity contribution is 5.54. The summed E-state index contributed by atoms with van der Waals surface area (Å²) in [6.07, 6.45) is -0.136. The number of aromatic nitrogens is 1. The molecular weight excluding hydrogens is 270 g/mol. The first kappa shape index (κ1) is 15.9. The van der Waals surface area contributed by atoms with Gasteiger partial charge in [-0.25, -0.2) is 0 Å². The number of ether oxygens (including phenoxy) is 2. The van der Waals surface area contributed by atoms with Crippen LogP contribution in [0.3, 0.4) is 0 Å². The van der Waals surface area contributed by atoms with Gasteiger partial charge in [-0.15, -0.1) is 0 Å². The number of rotatable bonds is 5. The lowest BCUT2D eigenvalue weighted by molar-refractivity contribution is -0.0423. The fourth-order valence-electron chi connectivity index (χ4n) is 2.31. The van der Waals surface area contributed by atoms with E-state index in [1.807, 2.05) is 19.1 Å². The second-order valence-electron chi connectivity index (χ2n) is 5.92. The third-order valence-electron chi connectivity index (χ3n) is 3.28. The molecule has 6 heteroatoms. The Bertz CT molecular complexity index is 467. The van der Waals surface area contributed by atoms with Gasteiger partial charge in [0.15, 0.2) is 0 Å². The van der Waals surface area contributed by atoms with Gasteiger partial charge in [0.05, 0.1) is 31.1 Å². The summed E-state index contributed by atoms with van der Waals surface area (Å²) in [6, 6.07) is 3.69. The van der Waals surface area contributed by atoms with Crippen LogP contribution in [0.5, 0.6) is 5.88 Å². The zero-order chi connectivity index (χ0) is 15.4. The number of pyridine rings is 1. The number of nitrogen functional groups attached to an aromatic ring is 1. The van der Waals surface area contributed by atoms with Crippen molar-refractivity contribution in [1.82, 2.24) is 4.98 Å². The van der Waals surface area contributed by atoms with Crippen LogP contribution in [0, 0.1) is 5.92 Å². The zero-order valence-electron chi connectivity index (χ0n) is 13.0. The third-order valence-corrected chi connectivity index (χ3v) is 3.28. The van der Waals surface area contributed by atoms with Crippen molar-refractivity contribution in [2.75, 3.05) is 36.9 Å². The van der Waals surface area contributed by atoms with Gasteiger partial charge < -0.3 is 25.2 Å². The average molecular weight is 295 g/mol. The maximum Gasteiger partial charge on any atom is 0.239 e. The molecule has 6 nitrogen and oxygen atoms in total. The molecule has 0 amide bonds. The maximum absolute atomic E-state index is 9.30. The topological polar surface area (TPSA) is 80.8 Å². The highest BCUT2D eigenvalue weighted by atomic mass is 16.5. The summed E-state index contributed by atoms with van der Waals surface area (Å²) in [7, 11) is 0. The van der Waals surface area contributed by atoms with Crippen molar-refractivity contribution in [1.29, 1.82) is 0 Å². The molecule has 1 aliphatic heterocycles. The molecule has 0 aromatic carbocycles. The Morgan fingerprint density at radius 1 is 1.48 bits per heavy atom. The van der Waals surface area contributed by atoms with Gasteiger partial charge in [-0.3, -0.25) is 0 Å². The van der Waals surface area contributed by atoms with Crippen molar-refractivity contribution in [3.05, 3.63) is 12.1 Å². The molecule has 0 spiro atoms. The molecule has 21 heavy (non-hydrogen) atoms. The Kier molecular flexibility index (Phi) is 5.25. The Morgan fingerprint density at radius 2 is 2.24 bits per heavy atom. The SMILES string of the molecule is CC(C)COc1nc(N2CC(C)OC(CO)C2)ccc1N. The van der Waals surface area contributed by atoms with E-state index < -0.39 is 0 Å². The predicted molar refractivity (Wildman–Crippen MR) is 82.6 cm³/mol. The number of hydrogen-bond acceptors (Lipinski definition) is 6. The zero-order valence-corrected chi connectivity index (χ0v) is 13.0. The summed E-state index contributed by atoms with van der Waals surface area (Å²) >= 11 is 0. The number of nitrogens with two attached hydrogens (primary N) is 1. The minimum atomic E-state index is -0.187. The van der Waals surface area contributed by atoms with Gasteiger partial charge in [-0.2, -0.15) is 4.98 Å². The van der Waals surface area contributed by atoms with Gasteiger partial charge in [-0.05, 0) is 25.0 Å². The van der Waals surface area contributed by atoms with Gasteiger partial charge in [0.25, 0.3) is 0 Å². The lowest BCUT2D eigenvalue weighted by atomic mass is 10.2. The molecule has 1 fully saturated rings. The first-order chi connectivity index (χ1) is 9.99. The summed E-state index contributed by atoms with van der Waals surface area (Å²) in [5.74, 6) is 1.69. The second-order valence-corrected chi connectivity index (χ2v) is 5.92. The van der Waals surface area contributed by atoms with Crippen LogP contribution in [0.2, 0.25) is 0 Å². The monoisotopic (exact) mass is 295 g/mol. The molecule has 2 heterocycles. The third kappa shape index (κ3) is 4.22. The van der Waals surface area contributed by atoms with Crippen LogP contribution in [0.25, 0.3) is 0 Å². The van der Waals surface area contributed by atoms with Gasteiger partial charge in [-0.1, -0.05) is 13.8 Å². The summed E-state index contributed by atoms with van der Waals surface area (Å²) in [5, 5.41) is 9.30. The van der Waals surface area contributed by atoms with E-state index >= 15 is 0 Å². The number of nitrogens with zero attached hydrogens (tertiary/aromatic N) is 2. The quantitative estimate of drug-likeness (QED) is 0.852. The minimum Gasteiger partial charge on any atom is -0.476 e. The molecule has 1 saturated heterocycles. The van der Waals surface area contributed by atoms with Gasteiger partial charge in [0.2, 0.25) is 5.88 Å². The van der Waals surface area contributed by atoms with Crippen LogP contribution in [-0.2, 0) is 4.74 Å². The normalized spacial score (nSPS) is 22.6. The van der Waals surface area contributed by atoms with Crippen LogP contribution in [0.4, 0.5) is 11.5 Å². The smallest absolute Gasteiger partial charge is 0.239 e. The number of aliphatic hydroxyl groups excluding tert-OH is 1. The van der Waals surface area contributed by atoms with Crippen LogP contribution in [0.15, 0.2) is 12.1 Å². The average Bonchev–Trinajstić information content (AvgIpc) is 2.45. The minimum absolute atomic E-state index is 0.00647. The van der Waals surface area contributed by atoms with Gasteiger partial charge in [0, 0.05) is 13.1 Å². The highest BCUT2D eigenvalue weighted by Crippen LogP contribution is 2.25. The fraction of sp³-hybridized carbons (Fsp3) is 0.667. The molecule has 0 saturated carbocycles. The van der Waals surface area contributed by atoms with E-state index in [0.717, 1.165) is 12.4 Å². The molecule has 0 radical (unpaired) electrons. The summed E-state index contributed by atoms with van der Waals surface area (Å²) in [5.41, 5.74) is 6.46. The van der Waals surface area contributed by atoms with E-state index in [4.69, 9.17) is 15.2 Å². The molecule has 2 unspecified atom stereocenters. The number of aliphatic hydroxyl groups is 1. The van der Waals surface area contributed by atoms with Crippen molar-refractivity contribution in [3.8, 4) is 5.88 Å². The number of morpholine rings is 1. The first-order valence-corrected chi connectivity index (χ1v) is 7.40. The number of anilines is 2. The Labute approximate surface area is 125 Å². The van der Waals surface area contributed by atoms with Crippen molar-refractivity contribution in [2.45, 2.75) is 33.0 Å². The number of hydrogen-bond donors (Lipinski definition) is 2. The van der Waals surface area contributed by atoms with Crippen LogP contribution in [-0.4, -0.2) is 48.6 Å². The van der Waals surface area contributed by atoms with Crippen LogP contribution < -0.4 is 15.4 Å². The molecule has 2 atom stereocenters. The molecule has 118 valence electrons. The largest absolute Gasteiger partial charge is 0.476 e. The van der Waals surface area contributed by atoms with E-state index in [9.17, 15) is 5.11 Å². The van der Waals surface area contributed by atoms with E-state index in [1.165, 1.54) is 0 Å². The van der Waals surface area contributed by atoms with Crippen molar-refractivity contribution >= 4 is 11.5 Å². The molecule has 1 aliphatic rings. The summed E-state index contributed by atoms with van der Waals surface area (Å²) in [4.78, 5) is 6.61. The Balaban J connectivity index is 2.13. The van der Waals surface area contributed by atoms with Crippen LogP contribution >= 0.6 is 0 Å².